The summed E-state index contributed by atoms with van der Waals surface area (Å²) >= 11 is 0. The van der Waals surface area contributed by atoms with E-state index in [1.807, 2.05) is 0 Å². The number of aryl methyl sites for hydroxylation is 3. The van der Waals surface area contributed by atoms with Gasteiger partial charge >= 0.3 is 5.97 Å². The van der Waals surface area contributed by atoms with Gasteiger partial charge in [-0.15, -0.1) is 0 Å². The molecule has 3 unspecified atom stereocenters. The Bertz CT molecular complexity index is 695. The zero-order valence-corrected chi connectivity index (χ0v) is 17.5. The Balaban J connectivity index is 1.82. The van der Waals surface area contributed by atoms with Gasteiger partial charge in [0, 0.05) is 18.3 Å². The minimum Gasteiger partial charge on any atom is -0.469 e. The Morgan fingerprint density at radius 3 is 2.14 bits per heavy atom. The molecule has 1 saturated heterocycles. The number of carbonyl (C=O) groups is 2. The number of hydrogen-bond acceptors (Lipinski definition) is 5. The van der Waals surface area contributed by atoms with E-state index in [1.165, 1.54) is 23.8 Å². The highest BCUT2D eigenvalue weighted by atomic mass is 16.7. The van der Waals surface area contributed by atoms with Gasteiger partial charge in [0.25, 0.3) is 0 Å². The van der Waals surface area contributed by atoms with Crippen molar-refractivity contribution < 1.29 is 23.8 Å². The molecule has 1 aliphatic carbocycles. The summed E-state index contributed by atoms with van der Waals surface area (Å²) in [5.41, 5.74) is 4.84. The first-order chi connectivity index (χ1) is 13.5. The number of ketones is 1. The quantitative estimate of drug-likeness (QED) is 0.670. The number of esters is 1. The lowest BCUT2D eigenvalue weighted by Gasteiger charge is -2.19. The number of hydrogen-bond donors (Lipinski definition) is 0. The SMILES string of the molecule is CCc1cc(C)cc(CC)c1CC(=O)C1CC(C2OCCO2)CC1C(=O)OC. The van der Waals surface area contributed by atoms with Gasteiger partial charge in [-0.05, 0) is 49.3 Å². The van der Waals surface area contributed by atoms with E-state index < -0.39 is 5.92 Å². The Kier molecular flexibility index (Phi) is 6.89. The van der Waals surface area contributed by atoms with Gasteiger partial charge in [-0.1, -0.05) is 31.5 Å². The molecule has 5 heteroatoms. The molecule has 5 nitrogen and oxygen atoms in total. The summed E-state index contributed by atoms with van der Waals surface area (Å²) < 4.78 is 16.3. The lowest BCUT2D eigenvalue weighted by molar-refractivity contribution is -0.149. The summed E-state index contributed by atoms with van der Waals surface area (Å²) in [5, 5.41) is 0. The standard InChI is InChI=1S/C23H32O5/c1-5-15-9-14(3)10-16(6-2)18(15)13-21(24)19-11-17(23-27-7-8-28-23)12-20(19)22(25)26-4/h9-10,17,19-20,23H,5-8,11-13H2,1-4H3. The van der Waals surface area contributed by atoms with E-state index in [0.717, 1.165) is 18.4 Å². The third-order valence-electron chi connectivity index (χ3n) is 6.24. The van der Waals surface area contributed by atoms with Crippen LogP contribution in [0.3, 0.4) is 0 Å². The topological polar surface area (TPSA) is 61.8 Å². The van der Waals surface area contributed by atoms with Crippen LogP contribution in [-0.2, 0) is 43.1 Å². The molecule has 0 amide bonds. The molecular weight excluding hydrogens is 356 g/mol. The van der Waals surface area contributed by atoms with Gasteiger partial charge in [0.2, 0.25) is 0 Å². The fraction of sp³-hybridized carbons (Fsp3) is 0.652. The molecule has 1 aromatic carbocycles. The van der Waals surface area contributed by atoms with Crippen molar-refractivity contribution in [3.8, 4) is 0 Å². The van der Waals surface area contributed by atoms with Crippen molar-refractivity contribution in [3.05, 3.63) is 34.4 Å². The van der Waals surface area contributed by atoms with Crippen molar-refractivity contribution in [2.45, 2.75) is 59.2 Å². The minimum absolute atomic E-state index is 0.0647. The fourth-order valence-corrected chi connectivity index (χ4v) is 4.85. The van der Waals surface area contributed by atoms with Crippen LogP contribution in [0.5, 0.6) is 0 Å². The van der Waals surface area contributed by atoms with Crippen molar-refractivity contribution in [3.63, 3.8) is 0 Å². The van der Waals surface area contributed by atoms with E-state index in [-0.39, 0.29) is 29.9 Å². The van der Waals surface area contributed by atoms with E-state index in [4.69, 9.17) is 14.2 Å². The van der Waals surface area contributed by atoms with Crippen LogP contribution < -0.4 is 0 Å². The average Bonchev–Trinajstić information content (AvgIpc) is 3.37. The highest BCUT2D eigenvalue weighted by molar-refractivity contribution is 5.89. The third kappa shape index (κ3) is 4.31. The monoisotopic (exact) mass is 388 g/mol. The van der Waals surface area contributed by atoms with Gasteiger partial charge in [-0.2, -0.15) is 0 Å². The predicted octanol–water partition coefficient (Wildman–Crippen LogP) is 3.42. The molecule has 1 aliphatic heterocycles. The van der Waals surface area contributed by atoms with Gasteiger partial charge in [0.1, 0.15) is 5.78 Å². The first-order valence-corrected chi connectivity index (χ1v) is 10.4. The molecule has 154 valence electrons. The second kappa shape index (κ2) is 9.19. The van der Waals surface area contributed by atoms with Crippen LogP contribution in [0, 0.1) is 24.7 Å². The maximum Gasteiger partial charge on any atom is 0.309 e. The predicted molar refractivity (Wildman–Crippen MR) is 106 cm³/mol. The molecule has 0 radical (unpaired) electrons. The summed E-state index contributed by atoms with van der Waals surface area (Å²) in [5.74, 6) is -0.843. The molecule has 2 aliphatic rings. The van der Waals surface area contributed by atoms with Gasteiger partial charge in [0.05, 0.1) is 26.2 Å². The average molecular weight is 389 g/mol. The molecule has 1 aromatic rings. The minimum atomic E-state index is -0.407. The van der Waals surface area contributed by atoms with E-state index in [1.54, 1.807) is 0 Å². The van der Waals surface area contributed by atoms with Crippen LogP contribution in [0.2, 0.25) is 0 Å². The Morgan fingerprint density at radius 2 is 1.61 bits per heavy atom. The normalized spacial score (nSPS) is 25.2. The molecule has 0 N–H and O–H groups in total. The van der Waals surface area contributed by atoms with Crippen molar-refractivity contribution in [1.29, 1.82) is 0 Å². The Morgan fingerprint density at radius 1 is 1.04 bits per heavy atom. The highest BCUT2D eigenvalue weighted by Gasteiger charge is 2.46. The zero-order chi connectivity index (χ0) is 20.3. The van der Waals surface area contributed by atoms with Crippen molar-refractivity contribution in [2.24, 2.45) is 17.8 Å². The first kappa shape index (κ1) is 21.0. The van der Waals surface area contributed by atoms with Crippen molar-refractivity contribution in [1.82, 2.24) is 0 Å². The lowest BCUT2D eigenvalue weighted by atomic mass is 9.85. The highest BCUT2D eigenvalue weighted by Crippen LogP contribution is 2.42. The molecule has 3 rings (SSSR count). The van der Waals surface area contributed by atoms with Crippen LogP contribution in [0.25, 0.3) is 0 Å². The number of carbonyl (C=O) groups excluding carboxylic acids is 2. The van der Waals surface area contributed by atoms with Gasteiger partial charge in [-0.25, -0.2) is 0 Å². The van der Waals surface area contributed by atoms with E-state index in [9.17, 15) is 9.59 Å². The van der Waals surface area contributed by atoms with Crippen LogP contribution >= 0.6 is 0 Å². The molecule has 1 heterocycles. The van der Waals surface area contributed by atoms with Crippen LogP contribution in [0.4, 0.5) is 0 Å². The number of ether oxygens (including phenoxy) is 3. The zero-order valence-electron chi connectivity index (χ0n) is 17.5. The van der Waals surface area contributed by atoms with Crippen LogP contribution in [0.1, 0.15) is 48.9 Å². The summed E-state index contributed by atoms with van der Waals surface area (Å²) in [4.78, 5) is 25.7. The smallest absolute Gasteiger partial charge is 0.309 e. The Hall–Kier alpha value is -1.72. The molecule has 0 spiro atoms. The maximum atomic E-state index is 13.3. The lowest BCUT2D eigenvalue weighted by Crippen LogP contribution is -2.28. The number of rotatable bonds is 7. The second-order valence-corrected chi connectivity index (χ2v) is 7.99. The first-order valence-electron chi connectivity index (χ1n) is 10.4. The van der Waals surface area contributed by atoms with E-state index in [2.05, 4.69) is 32.9 Å². The van der Waals surface area contributed by atoms with E-state index >= 15 is 0 Å². The Labute approximate surface area is 167 Å². The number of Topliss-reactive ketones (excluding diaryl/α,β-unsaturated/α-hetero) is 1. The number of benzene rings is 1. The van der Waals surface area contributed by atoms with Crippen LogP contribution in [0.15, 0.2) is 12.1 Å². The summed E-state index contributed by atoms with van der Waals surface area (Å²) in [6.07, 6.45) is 3.08. The van der Waals surface area contributed by atoms with Gasteiger partial charge in [0.15, 0.2) is 6.29 Å². The second-order valence-electron chi connectivity index (χ2n) is 7.99. The molecule has 0 aromatic heterocycles. The largest absolute Gasteiger partial charge is 0.469 e. The summed E-state index contributed by atoms with van der Waals surface area (Å²) in [6.45, 7) is 7.50. The van der Waals surface area contributed by atoms with Crippen molar-refractivity contribution >= 4 is 11.8 Å². The maximum absolute atomic E-state index is 13.3. The summed E-state index contributed by atoms with van der Waals surface area (Å²) in [6, 6.07) is 4.36. The van der Waals surface area contributed by atoms with Gasteiger partial charge < -0.3 is 14.2 Å². The van der Waals surface area contributed by atoms with E-state index in [0.29, 0.717) is 32.5 Å². The van der Waals surface area contributed by atoms with Crippen molar-refractivity contribution in [2.75, 3.05) is 20.3 Å². The summed E-state index contributed by atoms with van der Waals surface area (Å²) in [7, 11) is 1.39. The molecule has 1 saturated carbocycles. The van der Waals surface area contributed by atoms with Crippen LogP contribution in [-0.4, -0.2) is 38.4 Å². The number of methoxy groups -OCH3 is 1. The molecule has 2 fully saturated rings. The molecular formula is C23H32O5. The van der Waals surface area contributed by atoms with Gasteiger partial charge in [-0.3, -0.25) is 9.59 Å². The molecule has 28 heavy (non-hydrogen) atoms. The third-order valence-corrected chi connectivity index (χ3v) is 6.24. The fourth-order valence-electron chi connectivity index (χ4n) is 4.85. The molecule has 3 atom stereocenters. The molecule has 0 bridgehead atoms.